The maximum absolute atomic E-state index is 11.2. The van der Waals surface area contributed by atoms with E-state index in [4.69, 9.17) is 5.73 Å². The van der Waals surface area contributed by atoms with Crippen LogP contribution in [0.4, 0.5) is 5.82 Å². The molecule has 7 heteroatoms. The SMILES string of the molecule is Cn1c(NCCN)c(Br)c(=O)[nH]c1=O. The van der Waals surface area contributed by atoms with Crippen molar-refractivity contribution < 1.29 is 0 Å². The van der Waals surface area contributed by atoms with Crippen LogP contribution in [0.3, 0.4) is 0 Å². The second-order valence-corrected chi connectivity index (χ2v) is 3.49. The summed E-state index contributed by atoms with van der Waals surface area (Å²) in [7, 11) is 1.56. The summed E-state index contributed by atoms with van der Waals surface area (Å²) in [6.45, 7) is 0.919. The zero-order valence-corrected chi connectivity index (χ0v) is 9.22. The summed E-state index contributed by atoms with van der Waals surface area (Å²) in [5.74, 6) is 0.434. The van der Waals surface area contributed by atoms with Crippen LogP contribution in [0.25, 0.3) is 0 Å². The van der Waals surface area contributed by atoms with Crippen molar-refractivity contribution >= 4 is 21.7 Å². The molecule has 0 atom stereocenters. The van der Waals surface area contributed by atoms with Gasteiger partial charge < -0.3 is 11.1 Å². The predicted octanol–water partition coefficient (Wildman–Crippen LogP) is -0.793. The number of nitrogens with two attached hydrogens (primary N) is 1. The van der Waals surface area contributed by atoms with E-state index in [0.29, 0.717) is 23.4 Å². The van der Waals surface area contributed by atoms with Crippen molar-refractivity contribution in [1.82, 2.24) is 9.55 Å². The first-order valence-electron chi connectivity index (χ1n) is 4.00. The molecule has 78 valence electrons. The number of nitrogens with one attached hydrogen (secondary N) is 2. The van der Waals surface area contributed by atoms with E-state index >= 15 is 0 Å². The third-order valence-corrected chi connectivity index (χ3v) is 2.44. The van der Waals surface area contributed by atoms with E-state index in [1.54, 1.807) is 7.05 Å². The molecule has 14 heavy (non-hydrogen) atoms. The van der Waals surface area contributed by atoms with Crippen molar-refractivity contribution in [2.75, 3.05) is 18.4 Å². The van der Waals surface area contributed by atoms with Crippen LogP contribution >= 0.6 is 15.9 Å². The molecule has 0 spiro atoms. The Hall–Kier alpha value is -1.08. The fourth-order valence-corrected chi connectivity index (χ4v) is 1.48. The molecule has 0 amide bonds. The average molecular weight is 263 g/mol. The minimum absolute atomic E-state index is 0.299. The van der Waals surface area contributed by atoms with Gasteiger partial charge >= 0.3 is 5.69 Å². The highest BCUT2D eigenvalue weighted by atomic mass is 79.9. The van der Waals surface area contributed by atoms with Crippen molar-refractivity contribution in [3.63, 3.8) is 0 Å². The second kappa shape index (κ2) is 4.43. The quantitative estimate of drug-likeness (QED) is 0.666. The van der Waals surface area contributed by atoms with E-state index in [1.165, 1.54) is 4.57 Å². The number of aromatic nitrogens is 2. The summed E-state index contributed by atoms with van der Waals surface area (Å²) in [6.07, 6.45) is 0. The van der Waals surface area contributed by atoms with E-state index in [1.807, 2.05) is 0 Å². The summed E-state index contributed by atoms with van der Waals surface area (Å²) in [4.78, 5) is 24.5. The molecule has 4 N–H and O–H groups in total. The highest BCUT2D eigenvalue weighted by Crippen LogP contribution is 2.13. The van der Waals surface area contributed by atoms with E-state index < -0.39 is 11.2 Å². The Morgan fingerprint density at radius 3 is 2.79 bits per heavy atom. The highest BCUT2D eigenvalue weighted by Gasteiger charge is 2.08. The lowest BCUT2D eigenvalue weighted by Gasteiger charge is -2.10. The van der Waals surface area contributed by atoms with Crippen molar-refractivity contribution in [1.29, 1.82) is 0 Å². The second-order valence-electron chi connectivity index (χ2n) is 2.70. The van der Waals surface area contributed by atoms with Crippen molar-refractivity contribution in [3.05, 3.63) is 25.3 Å². The first kappa shape index (κ1) is 11.0. The Labute approximate surface area is 88.3 Å². The number of H-pyrrole nitrogens is 1. The molecule has 0 fully saturated rings. The van der Waals surface area contributed by atoms with Gasteiger partial charge in [-0.25, -0.2) is 4.79 Å². The molecule has 6 nitrogen and oxygen atoms in total. The predicted molar refractivity (Wildman–Crippen MR) is 57.5 cm³/mol. The normalized spacial score (nSPS) is 10.2. The molecule has 0 saturated carbocycles. The van der Waals surface area contributed by atoms with Gasteiger partial charge in [0.25, 0.3) is 5.56 Å². The monoisotopic (exact) mass is 262 g/mol. The van der Waals surface area contributed by atoms with Crippen LogP contribution in [0.5, 0.6) is 0 Å². The Morgan fingerprint density at radius 2 is 2.21 bits per heavy atom. The maximum atomic E-state index is 11.2. The van der Waals surface area contributed by atoms with Gasteiger partial charge in [0.1, 0.15) is 10.3 Å². The molecule has 1 aromatic rings. The van der Waals surface area contributed by atoms with Gasteiger partial charge in [0, 0.05) is 20.1 Å². The summed E-state index contributed by atoms with van der Waals surface area (Å²) in [6, 6.07) is 0. The van der Waals surface area contributed by atoms with E-state index in [0.717, 1.165) is 0 Å². The molecule has 1 aromatic heterocycles. The summed E-state index contributed by atoms with van der Waals surface area (Å²) in [5.41, 5.74) is 4.39. The minimum Gasteiger partial charge on any atom is -0.369 e. The zero-order valence-electron chi connectivity index (χ0n) is 7.63. The third kappa shape index (κ3) is 2.05. The molecule has 0 saturated heterocycles. The summed E-state index contributed by atoms with van der Waals surface area (Å²) in [5, 5.41) is 2.88. The molecular formula is C7H11BrN4O2. The fourth-order valence-electron chi connectivity index (χ4n) is 0.979. The number of rotatable bonds is 3. The van der Waals surface area contributed by atoms with E-state index in [2.05, 4.69) is 26.2 Å². The molecule has 0 aliphatic heterocycles. The minimum atomic E-state index is -0.460. The van der Waals surface area contributed by atoms with Crippen molar-refractivity contribution in [3.8, 4) is 0 Å². The molecule has 0 unspecified atom stereocenters. The standard InChI is InChI=1S/C7H11BrN4O2/c1-12-5(10-3-2-9)4(8)6(13)11-7(12)14/h10H,2-3,9H2,1H3,(H,11,13,14). The Morgan fingerprint density at radius 1 is 1.57 bits per heavy atom. The molecule has 0 aliphatic rings. The van der Waals surface area contributed by atoms with Crippen LogP contribution in [0.15, 0.2) is 14.1 Å². The van der Waals surface area contributed by atoms with Gasteiger partial charge in [-0.15, -0.1) is 0 Å². The fraction of sp³-hybridized carbons (Fsp3) is 0.429. The van der Waals surface area contributed by atoms with Gasteiger partial charge in [0.2, 0.25) is 0 Å². The lowest BCUT2D eigenvalue weighted by atomic mass is 10.5. The number of hydrogen-bond acceptors (Lipinski definition) is 4. The third-order valence-electron chi connectivity index (χ3n) is 1.70. The number of hydrogen-bond donors (Lipinski definition) is 3. The summed E-state index contributed by atoms with van der Waals surface area (Å²) >= 11 is 3.09. The molecule has 0 aromatic carbocycles. The van der Waals surface area contributed by atoms with Gasteiger partial charge in [0.15, 0.2) is 0 Å². The van der Waals surface area contributed by atoms with E-state index in [9.17, 15) is 9.59 Å². The van der Waals surface area contributed by atoms with Crippen molar-refractivity contribution in [2.24, 2.45) is 12.8 Å². The smallest absolute Gasteiger partial charge is 0.329 e. The number of nitrogens with zero attached hydrogens (tertiary/aromatic N) is 1. The van der Waals surface area contributed by atoms with Crippen LogP contribution in [-0.2, 0) is 7.05 Å². The van der Waals surface area contributed by atoms with Crippen LogP contribution in [0.2, 0.25) is 0 Å². The Bertz CT molecular complexity index is 402. The molecule has 0 radical (unpaired) electrons. The van der Waals surface area contributed by atoms with Crippen LogP contribution in [0.1, 0.15) is 0 Å². The number of halogens is 1. The lowest BCUT2D eigenvalue weighted by molar-refractivity contribution is 0.792. The summed E-state index contributed by atoms with van der Waals surface area (Å²) < 4.78 is 1.61. The van der Waals surface area contributed by atoms with Gasteiger partial charge in [-0.3, -0.25) is 14.3 Å². The van der Waals surface area contributed by atoms with Crippen molar-refractivity contribution in [2.45, 2.75) is 0 Å². The van der Waals surface area contributed by atoms with Gasteiger partial charge in [-0.1, -0.05) is 0 Å². The first-order chi connectivity index (χ1) is 6.57. The Balaban J connectivity index is 3.25. The lowest BCUT2D eigenvalue weighted by Crippen LogP contribution is -2.32. The van der Waals surface area contributed by atoms with Gasteiger partial charge in [0.05, 0.1) is 0 Å². The van der Waals surface area contributed by atoms with Crippen LogP contribution in [0, 0.1) is 0 Å². The largest absolute Gasteiger partial charge is 0.369 e. The zero-order chi connectivity index (χ0) is 10.7. The molecule has 1 heterocycles. The molecule has 0 aliphatic carbocycles. The first-order valence-corrected chi connectivity index (χ1v) is 4.80. The highest BCUT2D eigenvalue weighted by molar-refractivity contribution is 9.10. The van der Waals surface area contributed by atoms with Crippen LogP contribution in [-0.4, -0.2) is 22.6 Å². The molecular weight excluding hydrogens is 252 g/mol. The number of anilines is 1. The topological polar surface area (TPSA) is 92.9 Å². The average Bonchev–Trinajstić information content (AvgIpc) is 2.15. The Kier molecular flexibility index (Phi) is 3.48. The van der Waals surface area contributed by atoms with Gasteiger partial charge in [-0.05, 0) is 15.9 Å². The van der Waals surface area contributed by atoms with E-state index in [-0.39, 0.29) is 0 Å². The molecule has 0 bridgehead atoms. The van der Waals surface area contributed by atoms with Crippen LogP contribution < -0.4 is 22.3 Å². The maximum Gasteiger partial charge on any atom is 0.329 e. The number of aromatic amines is 1. The molecule has 1 rings (SSSR count). The van der Waals surface area contributed by atoms with Gasteiger partial charge in [-0.2, -0.15) is 0 Å².